The van der Waals surface area contributed by atoms with E-state index in [4.69, 9.17) is 0 Å². The van der Waals surface area contributed by atoms with Crippen LogP contribution in [0.3, 0.4) is 0 Å². The lowest BCUT2D eigenvalue weighted by molar-refractivity contribution is 0.374. The first kappa shape index (κ1) is 22.4. The van der Waals surface area contributed by atoms with Crippen molar-refractivity contribution < 1.29 is 0 Å². The Labute approximate surface area is 206 Å². The summed E-state index contributed by atoms with van der Waals surface area (Å²) in [7, 11) is 0. The first-order valence-corrected chi connectivity index (χ1v) is 12.6. The van der Waals surface area contributed by atoms with Gasteiger partial charge in [-0.2, -0.15) is 5.10 Å². The largest absolute Gasteiger partial charge is 0.362 e. The second-order valence-electron chi connectivity index (χ2n) is 9.58. The van der Waals surface area contributed by atoms with Crippen molar-refractivity contribution in [2.24, 2.45) is 5.10 Å². The Hall–Kier alpha value is -3.44. The molecule has 1 unspecified atom stereocenters. The number of rotatable bonds is 6. The molecular weight excluding hydrogens is 436 g/mol. The second-order valence-corrected chi connectivity index (χ2v) is 10.4. The summed E-state index contributed by atoms with van der Waals surface area (Å²) in [6.45, 7) is 7.95. The van der Waals surface area contributed by atoms with Gasteiger partial charge in [0.15, 0.2) is 0 Å². The summed E-state index contributed by atoms with van der Waals surface area (Å²) >= 11 is 1.56. The van der Waals surface area contributed by atoms with Crippen LogP contribution in [-0.4, -0.2) is 16.7 Å². The minimum Gasteiger partial charge on any atom is -0.362 e. The normalized spacial score (nSPS) is 17.0. The Morgan fingerprint density at radius 1 is 1.06 bits per heavy atom. The first-order chi connectivity index (χ1) is 16.5. The Balaban J connectivity index is 1.33. The molecule has 0 spiro atoms. The molecule has 0 saturated carbocycles. The highest BCUT2D eigenvalue weighted by atomic mass is 32.1. The molecule has 172 valence electrons. The average molecular weight is 467 g/mol. The number of thiazole rings is 1. The molecule has 0 fully saturated rings. The highest BCUT2D eigenvalue weighted by Gasteiger charge is 2.36. The van der Waals surface area contributed by atoms with Crippen LogP contribution in [0.15, 0.2) is 89.3 Å². The minimum atomic E-state index is 0.0979. The van der Waals surface area contributed by atoms with Crippen LogP contribution in [0, 0.1) is 0 Å². The van der Waals surface area contributed by atoms with Gasteiger partial charge in [-0.25, -0.2) is 4.98 Å². The van der Waals surface area contributed by atoms with Crippen molar-refractivity contribution in [3.05, 3.63) is 101 Å². The van der Waals surface area contributed by atoms with Crippen molar-refractivity contribution in [2.75, 3.05) is 10.3 Å². The van der Waals surface area contributed by atoms with Crippen LogP contribution >= 0.6 is 11.3 Å². The Morgan fingerprint density at radius 3 is 2.56 bits per heavy atom. The number of fused-ring (bicyclic) bond motifs is 1. The van der Waals surface area contributed by atoms with Gasteiger partial charge in [0.2, 0.25) is 5.13 Å². The number of nitrogens with one attached hydrogen (secondary N) is 1. The van der Waals surface area contributed by atoms with Gasteiger partial charge in [-0.3, -0.25) is 5.43 Å². The van der Waals surface area contributed by atoms with Gasteiger partial charge in [0, 0.05) is 28.7 Å². The summed E-state index contributed by atoms with van der Waals surface area (Å²) in [4.78, 5) is 7.20. The lowest BCUT2D eigenvalue weighted by Gasteiger charge is -2.47. The molecule has 2 heterocycles. The summed E-state index contributed by atoms with van der Waals surface area (Å²) in [5, 5.41) is 7.31. The van der Waals surface area contributed by atoms with Crippen molar-refractivity contribution in [2.45, 2.75) is 45.2 Å². The fourth-order valence-corrected chi connectivity index (χ4v) is 5.55. The van der Waals surface area contributed by atoms with Crippen LogP contribution in [0.2, 0.25) is 0 Å². The van der Waals surface area contributed by atoms with Crippen LogP contribution in [0.5, 0.6) is 0 Å². The maximum Gasteiger partial charge on any atom is 0.203 e. The van der Waals surface area contributed by atoms with Gasteiger partial charge in [-0.05, 0) is 55.0 Å². The SMILES string of the molecule is CC1CC(C)(C)N(Cc2ccccc2)c2ccc(C=NNc3nc(-c4ccccc4)cs3)cc21. The first-order valence-electron chi connectivity index (χ1n) is 11.8. The number of hydrogen-bond acceptors (Lipinski definition) is 5. The summed E-state index contributed by atoms with van der Waals surface area (Å²) in [6, 6.07) is 27.6. The smallest absolute Gasteiger partial charge is 0.203 e. The number of aromatic nitrogens is 1. The van der Waals surface area contributed by atoms with E-state index in [9.17, 15) is 0 Å². The van der Waals surface area contributed by atoms with Gasteiger partial charge in [0.05, 0.1) is 11.9 Å². The molecule has 34 heavy (non-hydrogen) atoms. The third kappa shape index (κ3) is 4.75. The quantitative estimate of drug-likeness (QED) is 0.236. The van der Waals surface area contributed by atoms with Crippen LogP contribution in [0.25, 0.3) is 11.3 Å². The zero-order chi connectivity index (χ0) is 23.5. The summed E-state index contributed by atoms with van der Waals surface area (Å²) in [5.74, 6) is 0.491. The van der Waals surface area contributed by atoms with Crippen LogP contribution in [-0.2, 0) is 6.54 Å². The predicted octanol–water partition coefficient (Wildman–Crippen LogP) is 7.55. The van der Waals surface area contributed by atoms with Crippen molar-refractivity contribution >= 4 is 28.4 Å². The van der Waals surface area contributed by atoms with Gasteiger partial charge < -0.3 is 4.90 Å². The maximum atomic E-state index is 4.65. The van der Waals surface area contributed by atoms with E-state index >= 15 is 0 Å². The Kier molecular flexibility index (Phi) is 6.20. The lowest BCUT2D eigenvalue weighted by atomic mass is 9.79. The molecule has 4 aromatic rings. The van der Waals surface area contributed by atoms with Crippen molar-refractivity contribution in [1.29, 1.82) is 0 Å². The molecule has 0 saturated heterocycles. The number of hydrogen-bond donors (Lipinski definition) is 1. The molecule has 0 bridgehead atoms. The zero-order valence-electron chi connectivity index (χ0n) is 19.9. The fraction of sp³-hybridized carbons (Fsp3) is 0.241. The molecule has 1 atom stereocenters. The molecule has 0 radical (unpaired) electrons. The predicted molar refractivity (Wildman–Crippen MR) is 145 cm³/mol. The van der Waals surface area contributed by atoms with Gasteiger partial charge >= 0.3 is 0 Å². The lowest BCUT2D eigenvalue weighted by Crippen LogP contribution is -2.47. The van der Waals surface area contributed by atoms with Gasteiger partial charge in [0.1, 0.15) is 0 Å². The molecule has 1 aromatic heterocycles. The molecule has 1 aliphatic rings. The second kappa shape index (κ2) is 9.43. The number of anilines is 2. The molecule has 1 N–H and O–H groups in total. The maximum absolute atomic E-state index is 4.65. The third-order valence-electron chi connectivity index (χ3n) is 6.54. The number of nitrogens with zero attached hydrogens (tertiary/aromatic N) is 3. The fourth-order valence-electron chi connectivity index (χ4n) is 4.88. The van der Waals surface area contributed by atoms with E-state index in [-0.39, 0.29) is 5.54 Å². The minimum absolute atomic E-state index is 0.0979. The van der Waals surface area contributed by atoms with E-state index < -0.39 is 0 Å². The number of benzene rings is 3. The van der Waals surface area contributed by atoms with Gasteiger partial charge in [0.25, 0.3) is 0 Å². The summed E-state index contributed by atoms with van der Waals surface area (Å²) < 4.78 is 0. The van der Waals surface area contributed by atoms with Crippen molar-refractivity contribution in [3.63, 3.8) is 0 Å². The molecule has 0 amide bonds. The van der Waals surface area contributed by atoms with E-state index in [0.717, 1.165) is 34.9 Å². The molecule has 0 aliphatic carbocycles. The van der Waals surface area contributed by atoms with E-state index in [2.05, 4.69) is 107 Å². The molecular formula is C29H30N4S. The molecule has 1 aliphatic heterocycles. The standard InChI is InChI=1S/C29H30N4S/c1-21-17-29(2,3)33(19-22-10-6-4-7-11-22)27-15-14-23(16-25(21)27)18-30-32-28-31-26(20-34-28)24-12-8-5-9-13-24/h4-16,18,20-21H,17,19H2,1-3H3,(H,31,32). The highest BCUT2D eigenvalue weighted by molar-refractivity contribution is 7.14. The topological polar surface area (TPSA) is 40.5 Å². The molecule has 5 heteroatoms. The molecule has 5 rings (SSSR count). The molecule has 4 nitrogen and oxygen atoms in total. The van der Waals surface area contributed by atoms with Gasteiger partial charge in [-0.1, -0.05) is 73.7 Å². The van der Waals surface area contributed by atoms with Gasteiger partial charge in [-0.15, -0.1) is 11.3 Å². The van der Waals surface area contributed by atoms with E-state index in [1.165, 1.54) is 16.8 Å². The average Bonchev–Trinajstić information content (AvgIpc) is 3.32. The van der Waals surface area contributed by atoms with Crippen LogP contribution in [0.4, 0.5) is 10.8 Å². The molecule has 3 aromatic carbocycles. The van der Waals surface area contributed by atoms with Crippen molar-refractivity contribution in [3.8, 4) is 11.3 Å². The van der Waals surface area contributed by atoms with E-state index in [0.29, 0.717) is 5.92 Å². The summed E-state index contributed by atoms with van der Waals surface area (Å²) in [6.07, 6.45) is 3.00. The van der Waals surface area contributed by atoms with Crippen molar-refractivity contribution in [1.82, 2.24) is 4.98 Å². The van der Waals surface area contributed by atoms with Crippen LogP contribution < -0.4 is 10.3 Å². The summed E-state index contributed by atoms with van der Waals surface area (Å²) in [5.41, 5.74) is 10.4. The highest BCUT2D eigenvalue weighted by Crippen LogP contribution is 2.44. The zero-order valence-corrected chi connectivity index (χ0v) is 20.7. The Morgan fingerprint density at radius 2 is 1.79 bits per heavy atom. The monoisotopic (exact) mass is 466 g/mol. The Bertz CT molecular complexity index is 1280. The third-order valence-corrected chi connectivity index (χ3v) is 7.29. The van der Waals surface area contributed by atoms with E-state index in [1.807, 2.05) is 24.4 Å². The van der Waals surface area contributed by atoms with Crippen LogP contribution in [0.1, 0.15) is 49.8 Å². The number of hydrazone groups is 1. The van der Waals surface area contributed by atoms with E-state index in [1.54, 1.807) is 11.3 Å².